The van der Waals surface area contributed by atoms with Crippen LogP contribution in [0.5, 0.6) is 0 Å². The number of aliphatic carboxylic acids is 1. The van der Waals surface area contributed by atoms with Crippen molar-refractivity contribution in [2.75, 3.05) is 0 Å². The topological polar surface area (TPSA) is 37.3 Å². The van der Waals surface area contributed by atoms with Crippen molar-refractivity contribution in [3.05, 3.63) is 0 Å². The van der Waals surface area contributed by atoms with Crippen molar-refractivity contribution in [3.63, 3.8) is 0 Å². The maximum Gasteiger partial charge on any atom is 0.316 e. The highest BCUT2D eigenvalue weighted by atomic mass is 32.2. The fourth-order valence-electron chi connectivity index (χ4n) is 2.28. The lowest BCUT2D eigenvalue weighted by atomic mass is 9.96. The van der Waals surface area contributed by atoms with E-state index in [-0.39, 0.29) is 5.25 Å². The summed E-state index contributed by atoms with van der Waals surface area (Å²) in [5.74, 6) is -0.210. The zero-order valence-corrected chi connectivity index (χ0v) is 10.6. The third kappa shape index (κ3) is 4.45. The van der Waals surface area contributed by atoms with Gasteiger partial charge in [-0.2, -0.15) is 0 Å². The molecule has 1 fully saturated rings. The summed E-state index contributed by atoms with van der Waals surface area (Å²) in [7, 11) is 0. The molecule has 0 bridgehead atoms. The van der Waals surface area contributed by atoms with Gasteiger partial charge >= 0.3 is 5.97 Å². The van der Waals surface area contributed by atoms with Crippen molar-refractivity contribution in [2.24, 2.45) is 5.92 Å². The molecule has 0 aromatic heterocycles. The van der Waals surface area contributed by atoms with Crippen LogP contribution in [0.1, 0.15) is 52.4 Å². The SMILES string of the molecule is CC(C)SC(C(=O)O)C1CCCCCC1. The Morgan fingerprint density at radius 2 is 1.73 bits per heavy atom. The quantitative estimate of drug-likeness (QED) is 0.750. The van der Waals surface area contributed by atoms with Crippen LogP contribution in [0.25, 0.3) is 0 Å². The Kier molecular flexibility index (Phi) is 5.51. The van der Waals surface area contributed by atoms with Gasteiger partial charge in [0.1, 0.15) is 5.25 Å². The Morgan fingerprint density at radius 3 is 2.13 bits per heavy atom. The molecule has 1 rings (SSSR count). The summed E-state index contributed by atoms with van der Waals surface area (Å²) < 4.78 is 0. The summed E-state index contributed by atoms with van der Waals surface area (Å²) in [6.45, 7) is 4.16. The highest BCUT2D eigenvalue weighted by Gasteiger charge is 2.29. The second-order valence-corrected chi connectivity index (χ2v) is 6.42. The highest BCUT2D eigenvalue weighted by molar-refractivity contribution is 8.01. The van der Waals surface area contributed by atoms with Crippen molar-refractivity contribution >= 4 is 17.7 Å². The molecular weight excluding hydrogens is 208 g/mol. The van der Waals surface area contributed by atoms with Gasteiger partial charge in [-0.15, -0.1) is 11.8 Å². The van der Waals surface area contributed by atoms with E-state index in [0.29, 0.717) is 11.2 Å². The Morgan fingerprint density at radius 1 is 1.20 bits per heavy atom. The van der Waals surface area contributed by atoms with E-state index in [1.165, 1.54) is 25.7 Å². The van der Waals surface area contributed by atoms with Gasteiger partial charge in [0.2, 0.25) is 0 Å². The minimum absolute atomic E-state index is 0.178. The largest absolute Gasteiger partial charge is 0.480 e. The fraction of sp³-hybridized carbons (Fsp3) is 0.917. The molecule has 0 aromatic carbocycles. The molecular formula is C12H22O2S. The fourth-order valence-corrected chi connectivity index (χ4v) is 3.48. The highest BCUT2D eigenvalue weighted by Crippen LogP contribution is 2.33. The van der Waals surface area contributed by atoms with Crippen molar-refractivity contribution in [1.82, 2.24) is 0 Å². The van der Waals surface area contributed by atoms with Crippen LogP contribution in [0.4, 0.5) is 0 Å². The van der Waals surface area contributed by atoms with Gasteiger partial charge in [-0.05, 0) is 24.0 Å². The summed E-state index contributed by atoms with van der Waals surface area (Å²) in [6, 6.07) is 0. The molecule has 1 aliphatic carbocycles. The van der Waals surface area contributed by atoms with Gasteiger partial charge < -0.3 is 5.11 Å². The van der Waals surface area contributed by atoms with Crippen LogP contribution < -0.4 is 0 Å². The zero-order valence-electron chi connectivity index (χ0n) is 9.74. The van der Waals surface area contributed by atoms with E-state index in [4.69, 9.17) is 0 Å². The van der Waals surface area contributed by atoms with E-state index in [1.807, 2.05) is 0 Å². The summed E-state index contributed by atoms with van der Waals surface area (Å²) in [5.41, 5.74) is 0. The standard InChI is InChI=1S/C12H22O2S/c1-9(2)15-11(12(13)14)10-7-5-3-4-6-8-10/h9-11H,3-8H2,1-2H3,(H,13,14). The zero-order chi connectivity index (χ0) is 11.3. The number of carboxylic acids is 1. The van der Waals surface area contributed by atoms with Crippen LogP contribution in [0.3, 0.4) is 0 Å². The minimum atomic E-state index is -0.611. The molecule has 0 aromatic rings. The lowest BCUT2D eigenvalue weighted by Gasteiger charge is -2.23. The Bertz CT molecular complexity index is 196. The number of carbonyl (C=O) groups is 1. The van der Waals surface area contributed by atoms with Crippen LogP contribution in [-0.2, 0) is 4.79 Å². The first-order valence-corrected chi connectivity index (χ1v) is 6.94. The lowest BCUT2D eigenvalue weighted by Crippen LogP contribution is -2.27. The van der Waals surface area contributed by atoms with E-state index in [2.05, 4.69) is 13.8 Å². The summed E-state index contributed by atoms with van der Waals surface area (Å²) in [5, 5.41) is 9.48. The van der Waals surface area contributed by atoms with Gasteiger partial charge in [-0.3, -0.25) is 4.79 Å². The van der Waals surface area contributed by atoms with Crippen molar-refractivity contribution in [1.29, 1.82) is 0 Å². The minimum Gasteiger partial charge on any atom is -0.480 e. The number of hydrogen-bond donors (Lipinski definition) is 1. The maximum absolute atomic E-state index is 11.2. The van der Waals surface area contributed by atoms with E-state index < -0.39 is 5.97 Å². The molecule has 1 N–H and O–H groups in total. The van der Waals surface area contributed by atoms with Gasteiger partial charge in [0.25, 0.3) is 0 Å². The molecule has 1 saturated carbocycles. The van der Waals surface area contributed by atoms with Gasteiger partial charge in [0.05, 0.1) is 0 Å². The second-order valence-electron chi connectivity index (χ2n) is 4.70. The Hall–Kier alpha value is -0.180. The third-order valence-electron chi connectivity index (χ3n) is 2.99. The first kappa shape index (κ1) is 12.9. The summed E-state index contributed by atoms with van der Waals surface area (Å²) in [4.78, 5) is 11.2. The van der Waals surface area contributed by atoms with Crippen LogP contribution >= 0.6 is 11.8 Å². The van der Waals surface area contributed by atoms with Crippen molar-refractivity contribution < 1.29 is 9.90 Å². The van der Waals surface area contributed by atoms with Crippen LogP contribution in [0.15, 0.2) is 0 Å². The molecule has 15 heavy (non-hydrogen) atoms. The van der Waals surface area contributed by atoms with Crippen LogP contribution in [0, 0.1) is 5.92 Å². The molecule has 0 spiro atoms. The predicted octanol–water partition coefficient (Wildman–Crippen LogP) is 3.55. The van der Waals surface area contributed by atoms with Crippen LogP contribution in [0.2, 0.25) is 0 Å². The molecule has 1 unspecified atom stereocenters. The first-order chi connectivity index (χ1) is 7.11. The van der Waals surface area contributed by atoms with Gasteiger partial charge in [-0.1, -0.05) is 39.5 Å². The first-order valence-electron chi connectivity index (χ1n) is 5.99. The molecule has 0 heterocycles. The third-order valence-corrected chi connectivity index (χ3v) is 4.41. The van der Waals surface area contributed by atoms with Crippen molar-refractivity contribution in [3.8, 4) is 0 Å². The van der Waals surface area contributed by atoms with Crippen LogP contribution in [-0.4, -0.2) is 21.6 Å². The Labute approximate surface area is 96.8 Å². The number of rotatable bonds is 4. The monoisotopic (exact) mass is 230 g/mol. The molecule has 3 heteroatoms. The van der Waals surface area contributed by atoms with E-state index in [1.54, 1.807) is 11.8 Å². The molecule has 88 valence electrons. The second kappa shape index (κ2) is 6.41. The summed E-state index contributed by atoms with van der Waals surface area (Å²) in [6.07, 6.45) is 7.22. The molecule has 2 nitrogen and oxygen atoms in total. The Balaban J connectivity index is 2.56. The molecule has 0 radical (unpaired) electrons. The van der Waals surface area contributed by atoms with Gasteiger partial charge in [-0.25, -0.2) is 0 Å². The molecule has 0 saturated heterocycles. The van der Waals surface area contributed by atoms with E-state index in [0.717, 1.165) is 12.8 Å². The maximum atomic E-state index is 11.2. The smallest absolute Gasteiger partial charge is 0.316 e. The molecule has 0 amide bonds. The van der Waals surface area contributed by atoms with Gasteiger partial charge in [0, 0.05) is 0 Å². The molecule has 1 atom stereocenters. The average molecular weight is 230 g/mol. The number of carboxylic acid groups (broad SMARTS) is 1. The van der Waals surface area contributed by atoms with E-state index in [9.17, 15) is 9.90 Å². The number of hydrogen-bond acceptors (Lipinski definition) is 2. The predicted molar refractivity (Wildman–Crippen MR) is 65.3 cm³/mol. The number of thioether (sulfide) groups is 1. The normalized spacial score (nSPS) is 21.3. The average Bonchev–Trinajstić information content (AvgIpc) is 2.41. The van der Waals surface area contributed by atoms with Crippen molar-refractivity contribution in [2.45, 2.75) is 62.9 Å². The van der Waals surface area contributed by atoms with E-state index >= 15 is 0 Å². The summed E-state index contributed by atoms with van der Waals surface area (Å²) >= 11 is 1.62. The molecule has 0 aliphatic heterocycles. The molecule has 1 aliphatic rings. The van der Waals surface area contributed by atoms with Gasteiger partial charge in [0.15, 0.2) is 0 Å². The lowest BCUT2D eigenvalue weighted by molar-refractivity contribution is -0.137.